The van der Waals surface area contributed by atoms with Crippen LogP contribution in [0.2, 0.25) is 0 Å². The minimum atomic E-state index is -0.461. The third kappa shape index (κ3) is 7.38. The summed E-state index contributed by atoms with van der Waals surface area (Å²) in [4.78, 5) is 30.5. The summed E-state index contributed by atoms with van der Waals surface area (Å²) in [5, 5.41) is 6.71. The highest BCUT2D eigenvalue weighted by Gasteiger charge is 2.33. The fraction of sp³-hybridized carbons (Fsp3) is 0.722. The molecule has 11 heteroatoms. The molecule has 0 aliphatic carbocycles. The van der Waals surface area contributed by atoms with Gasteiger partial charge in [-0.15, -0.1) is 37.2 Å². The van der Waals surface area contributed by atoms with Crippen LogP contribution >= 0.6 is 37.2 Å². The molecule has 0 bridgehead atoms. The standard InChI is InChI=1S/C18H29N5O3.3ClH/c1-26-17(25)10-14(12-24)18(22-8-6-20-7-9-22)16-11-23(13-21-16)15-2-4-19-5-3-15;;;/h11-15,18-20H,2-10H2,1H3;3*1H. The van der Waals surface area contributed by atoms with Crippen LogP contribution in [-0.2, 0) is 14.3 Å². The predicted molar refractivity (Wildman–Crippen MR) is 118 cm³/mol. The van der Waals surface area contributed by atoms with Gasteiger partial charge in [-0.1, -0.05) is 0 Å². The van der Waals surface area contributed by atoms with Crippen LogP contribution in [0, 0.1) is 5.92 Å². The molecule has 0 spiro atoms. The van der Waals surface area contributed by atoms with Gasteiger partial charge in [0.2, 0.25) is 0 Å². The molecule has 0 radical (unpaired) electrons. The molecule has 1 aromatic rings. The van der Waals surface area contributed by atoms with Crippen LogP contribution in [0.3, 0.4) is 0 Å². The van der Waals surface area contributed by atoms with Crippen LogP contribution in [0.1, 0.15) is 37.0 Å². The molecule has 168 valence electrons. The Kier molecular flexibility index (Phi) is 13.7. The zero-order valence-corrected chi connectivity index (χ0v) is 19.1. The fourth-order valence-electron chi connectivity index (χ4n) is 3.96. The van der Waals surface area contributed by atoms with Crippen LogP contribution in [0.4, 0.5) is 0 Å². The maximum absolute atomic E-state index is 11.8. The Hall–Kier alpha value is -0.900. The number of imidazole rings is 1. The minimum absolute atomic E-state index is 0. The van der Waals surface area contributed by atoms with Crippen molar-refractivity contribution in [1.82, 2.24) is 25.1 Å². The number of piperazine rings is 1. The molecule has 2 unspecified atom stereocenters. The molecule has 0 saturated carbocycles. The number of aldehydes is 1. The number of aromatic nitrogens is 2. The number of hydrogen-bond donors (Lipinski definition) is 2. The zero-order chi connectivity index (χ0) is 18.4. The first-order chi connectivity index (χ1) is 12.7. The molecule has 2 atom stereocenters. The molecule has 2 aliphatic heterocycles. The lowest BCUT2D eigenvalue weighted by molar-refractivity contribution is -0.143. The van der Waals surface area contributed by atoms with E-state index in [4.69, 9.17) is 4.74 Å². The highest BCUT2D eigenvalue weighted by Crippen LogP contribution is 2.31. The van der Waals surface area contributed by atoms with E-state index in [2.05, 4.69) is 31.3 Å². The van der Waals surface area contributed by atoms with E-state index in [-0.39, 0.29) is 55.7 Å². The summed E-state index contributed by atoms with van der Waals surface area (Å²) >= 11 is 0. The first-order valence-electron chi connectivity index (χ1n) is 9.44. The largest absolute Gasteiger partial charge is 0.469 e. The Labute approximate surface area is 190 Å². The number of rotatable bonds is 7. The van der Waals surface area contributed by atoms with Crippen molar-refractivity contribution in [1.29, 1.82) is 0 Å². The number of carbonyl (C=O) groups is 2. The van der Waals surface area contributed by atoms with E-state index in [0.717, 1.165) is 64.1 Å². The molecule has 3 rings (SSSR count). The molecule has 0 aromatic carbocycles. The van der Waals surface area contributed by atoms with Gasteiger partial charge in [0, 0.05) is 44.3 Å². The van der Waals surface area contributed by atoms with E-state index >= 15 is 0 Å². The molecule has 2 aliphatic rings. The second-order valence-electron chi connectivity index (χ2n) is 7.04. The first kappa shape index (κ1) is 28.1. The van der Waals surface area contributed by atoms with Gasteiger partial charge >= 0.3 is 5.97 Å². The average Bonchev–Trinajstić information content (AvgIpc) is 3.18. The zero-order valence-electron chi connectivity index (χ0n) is 16.6. The van der Waals surface area contributed by atoms with Crippen molar-refractivity contribution in [2.24, 2.45) is 5.92 Å². The number of halogens is 3. The van der Waals surface area contributed by atoms with E-state index in [9.17, 15) is 9.59 Å². The van der Waals surface area contributed by atoms with Gasteiger partial charge in [-0.25, -0.2) is 4.98 Å². The monoisotopic (exact) mass is 471 g/mol. The highest BCUT2D eigenvalue weighted by molar-refractivity contribution is 5.86. The SMILES string of the molecule is COC(=O)CC(C=O)C(c1cn(C2CCNCC2)cn1)N1CCNCC1.Cl.Cl.Cl. The molecule has 1 aromatic heterocycles. The van der Waals surface area contributed by atoms with Crippen molar-refractivity contribution in [3.63, 3.8) is 0 Å². The summed E-state index contributed by atoms with van der Waals surface area (Å²) in [6.45, 7) is 5.43. The maximum Gasteiger partial charge on any atom is 0.306 e. The Bertz CT molecular complexity index is 607. The normalized spacial score (nSPS) is 19.6. The van der Waals surface area contributed by atoms with Crippen molar-refractivity contribution in [3.8, 4) is 0 Å². The van der Waals surface area contributed by atoms with E-state index in [0.29, 0.717) is 6.04 Å². The molecule has 2 fully saturated rings. The number of methoxy groups -OCH3 is 1. The van der Waals surface area contributed by atoms with Crippen LogP contribution in [0.5, 0.6) is 0 Å². The lowest BCUT2D eigenvalue weighted by atomic mass is 9.93. The van der Waals surface area contributed by atoms with Gasteiger partial charge in [-0.2, -0.15) is 0 Å². The number of ether oxygens (including phenoxy) is 1. The average molecular weight is 473 g/mol. The summed E-state index contributed by atoms with van der Waals surface area (Å²) < 4.78 is 6.97. The Morgan fingerprint density at radius 3 is 2.41 bits per heavy atom. The molecule has 2 saturated heterocycles. The summed E-state index contributed by atoms with van der Waals surface area (Å²) in [5.74, 6) is -0.822. The smallest absolute Gasteiger partial charge is 0.306 e. The summed E-state index contributed by atoms with van der Waals surface area (Å²) in [6.07, 6.45) is 7.06. The maximum atomic E-state index is 11.8. The first-order valence-corrected chi connectivity index (χ1v) is 9.44. The van der Waals surface area contributed by atoms with Gasteiger partial charge in [0.15, 0.2) is 0 Å². The molecule has 2 N–H and O–H groups in total. The number of nitrogens with one attached hydrogen (secondary N) is 2. The highest BCUT2D eigenvalue weighted by atomic mass is 35.5. The Morgan fingerprint density at radius 1 is 1.21 bits per heavy atom. The number of piperidine rings is 1. The quantitative estimate of drug-likeness (QED) is 0.458. The Balaban J connectivity index is 0.00000261. The van der Waals surface area contributed by atoms with Gasteiger partial charge in [-0.05, 0) is 25.9 Å². The van der Waals surface area contributed by atoms with Gasteiger partial charge in [0.05, 0.1) is 31.6 Å². The van der Waals surface area contributed by atoms with Crippen LogP contribution in [0.15, 0.2) is 12.5 Å². The third-order valence-electron chi connectivity index (χ3n) is 5.41. The van der Waals surface area contributed by atoms with E-state index in [1.807, 2.05) is 6.33 Å². The topological polar surface area (TPSA) is 88.5 Å². The van der Waals surface area contributed by atoms with E-state index < -0.39 is 5.92 Å². The van der Waals surface area contributed by atoms with Crippen molar-refractivity contribution in [2.75, 3.05) is 46.4 Å². The Morgan fingerprint density at radius 2 is 1.83 bits per heavy atom. The molecular weight excluding hydrogens is 441 g/mol. The number of carbonyl (C=O) groups excluding carboxylic acids is 2. The minimum Gasteiger partial charge on any atom is -0.469 e. The second kappa shape index (κ2) is 14.2. The van der Waals surface area contributed by atoms with Gasteiger partial charge in [0.1, 0.15) is 6.29 Å². The van der Waals surface area contributed by atoms with Crippen LogP contribution < -0.4 is 10.6 Å². The van der Waals surface area contributed by atoms with Crippen molar-refractivity contribution in [3.05, 3.63) is 18.2 Å². The molecular formula is C18H32Cl3N5O3. The third-order valence-corrected chi connectivity index (χ3v) is 5.41. The predicted octanol–water partition coefficient (Wildman–Crippen LogP) is 1.40. The number of hydrogen-bond acceptors (Lipinski definition) is 7. The fourth-order valence-corrected chi connectivity index (χ4v) is 3.96. The van der Waals surface area contributed by atoms with Gasteiger partial charge in [0.25, 0.3) is 0 Å². The van der Waals surface area contributed by atoms with E-state index in [1.165, 1.54) is 7.11 Å². The summed E-state index contributed by atoms with van der Waals surface area (Å²) in [5.41, 5.74) is 0.867. The lowest BCUT2D eigenvalue weighted by Crippen LogP contribution is -2.47. The summed E-state index contributed by atoms with van der Waals surface area (Å²) in [6, 6.07) is 0.244. The second-order valence-corrected chi connectivity index (χ2v) is 7.04. The molecule has 3 heterocycles. The van der Waals surface area contributed by atoms with E-state index in [1.54, 1.807) is 0 Å². The van der Waals surface area contributed by atoms with Crippen LogP contribution in [-0.4, -0.2) is 73.1 Å². The summed E-state index contributed by atoms with van der Waals surface area (Å²) in [7, 11) is 1.36. The van der Waals surface area contributed by atoms with Crippen LogP contribution in [0.25, 0.3) is 0 Å². The number of esters is 1. The molecule has 0 amide bonds. The van der Waals surface area contributed by atoms with Crippen molar-refractivity contribution in [2.45, 2.75) is 31.3 Å². The van der Waals surface area contributed by atoms with Gasteiger partial charge in [-0.3, -0.25) is 9.69 Å². The molecule has 8 nitrogen and oxygen atoms in total. The van der Waals surface area contributed by atoms with Crippen molar-refractivity contribution >= 4 is 49.5 Å². The van der Waals surface area contributed by atoms with Crippen molar-refractivity contribution < 1.29 is 14.3 Å². The number of nitrogens with zero attached hydrogens (tertiary/aromatic N) is 3. The lowest BCUT2D eigenvalue weighted by Gasteiger charge is -2.36. The molecule has 29 heavy (non-hydrogen) atoms. The van der Waals surface area contributed by atoms with Gasteiger partial charge < -0.3 is 24.7 Å².